The summed E-state index contributed by atoms with van der Waals surface area (Å²) in [4.78, 5) is 3.92. The molecule has 1 nitrogen and oxygen atoms in total. The molecule has 11 heavy (non-hydrogen) atoms. The summed E-state index contributed by atoms with van der Waals surface area (Å²) in [5.74, 6) is 0. The molecule has 0 radical (unpaired) electrons. The fraction of sp³-hybridized carbons (Fsp3) is 0. The number of rotatable bonds is 1. The van der Waals surface area contributed by atoms with Gasteiger partial charge in [-0.15, -0.1) is 0 Å². The Balaban J connectivity index is 2.91. The van der Waals surface area contributed by atoms with Crippen LogP contribution in [-0.4, -0.2) is 4.98 Å². The third-order valence-corrected chi connectivity index (χ3v) is 1.72. The number of nitrogens with zero attached hydrogens (tertiary/aromatic N) is 1. The summed E-state index contributed by atoms with van der Waals surface area (Å²) in [6, 6.07) is 3.51. The van der Waals surface area contributed by atoms with Crippen LogP contribution in [0.15, 0.2) is 27.7 Å². The topological polar surface area (TPSA) is 12.9 Å². The Morgan fingerprint density at radius 3 is 2.73 bits per heavy atom. The summed E-state index contributed by atoms with van der Waals surface area (Å²) >= 11 is 5.86. The first kappa shape index (κ1) is 8.87. The van der Waals surface area contributed by atoms with Crippen LogP contribution in [0.3, 0.4) is 0 Å². The molecule has 1 aromatic heterocycles. The van der Waals surface area contributed by atoms with Crippen molar-refractivity contribution in [2.45, 2.75) is 0 Å². The molecule has 0 atom stereocenters. The van der Waals surface area contributed by atoms with Gasteiger partial charge in [0.25, 0.3) is 0 Å². The van der Waals surface area contributed by atoms with Gasteiger partial charge >= 0.3 is 0 Å². The molecule has 0 aliphatic carbocycles. The van der Waals surface area contributed by atoms with E-state index in [1.54, 1.807) is 18.3 Å². The van der Waals surface area contributed by atoms with Crippen LogP contribution in [0.25, 0.3) is 6.08 Å². The smallest absolute Gasteiger partial charge is 0.166 e. The highest BCUT2D eigenvalue weighted by atomic mass is 79.9. The van der Waals surface area contributed by atoms with Gasteiger partial charge in [-0.05, 0) is 49.6 Å². The molecule has 0 unspecified atom stereocenters. The van der Waals surface area contributed by atoms with E-state index < -0.39 is 4.74 Å². The maximum atomic E-state index is 12.2. The Morgan fingerprint density at radius 1 is 1.55 bits per heavy atom. The Labute approximate surface area is 80.6 Å². The van der Waals surface area contributed by atoms with Gasteiger partial charge in [-0.25, -0.2) is 4.98 Å². The minimum absolute atomic E-state index is 0.401. The first-order chi connectivity index (χ1) is 5.18. The molecule has 0 amide bonds. The molecule has 0 aromatic carbocycles. The van der Waals surface area contributed by atoms with Crippen LogP contribution in [0.1, 0.15) is 5.56 Å². The van der Waals surface area contributed by atoms with Crippen molar-refractivity contribution >= 4 is 37.9 Å². The molecule has 1 aromatic rings. The van der Waals surface area contributed by atoms with Crippen LogP contribution in [0, 0.1) is 0 Å². The van der Waals surface area contributed by atoms with Crippen molar-refractivity contribution in [2.24, 2.45) is 0 Å². The van der Waals surface area contributed by atoms with Crippen molar-refractivity contribution in [1.82, 2.24) is 4.98 Å². The first-order valence-corrected chi connectivity index (χ1v) is 4.41. The predicted molar refractivity (Wildman–Crippen MR) is 49.9 cm³/mol. The van der Waals surface area contributed by atoms with E-state index in [9.17, 15) is 4.39 Å². The van der Waals surface area contributed by atoms with Gasteiger partial charge in [0.05, 0.1) is 0 Å². The van der Waals surface area contributed by atoms with Gasteiger partial charge in [0.1, 0.15) is 4.60 Å². The molecule has 0 saturated heterocycles. The lowest BCUT2D eigenvalue weighted by molar-refractivity contribution is 0.711. The van der Waals surface area contributed by atoms with Gasteiger partial charge in [0, 0.05) is 6.20 Å². The van der Waals surface area contributed by atoms with Crippen molar-refractivity contribution < 1.29 is 4.39 Å². The second kappa shape index (κ2) is 3.97. The molecule has 58 valence electrons. The average molecular weight is 281 g/mol. The Hall–Kier alpha value is -0.220. The largest absolute Gasteiger partial charge is 0.249 e. The minimum Gasteiger partial charge on any atom is -0.249 e. The van der Waals surface area contributed by atoms with Crippen molar-refractivity contribution in [1.29, 1.82) is 0 Å². The maximum absolute atomic E-state index is 12.2. The Morgan fingerprint density at radius 2 is 2.27 bits per heavy atom. The molecular weight excluding hydrogens is 277 g/mol. The Bertz CT molecular complexity index is 264. The van der Waals surface area contributed by atoms with Gasteiger partial charge in [-0.3, -0.25) is 0 Å². The lowest BCUT2D eigenvalue weighted by Gasteiger charge is -1.91. The number of pyridine rings is 1. The van der Waals surface area contributed by atoms with Crippen LogP contribution in [0.5, 0.6) is 0 Å². The molecule has 0 aliphatic rings. The average Bonchev–Trinajstić information content (AvgIpc) is 1.93. The quantitative estimate of drug-likeness (QED) is 0.718. The predicted octanol–water partition coefficient (Wildman–Crippen LogP) is 3.51. The fourth-order valence-electron chi connectivity index (χ4n) is 0.599. The number of hydrogen-bond donors (Lipinski definition) is 0. The highest BCUT2D eigenvalue weighted by Crippen LogP contribution is 2.13. The molecular formula is C7H4Br2FN. The van der Waals surface area contributed by atoms with E-state index in [0.717, 1.165) is 10.2 Å². The summed E-state index contributed by atoms with van der Waals surface area (Å²) < 4.78 is 12.6. The number of aromatic nitrogens is 1. The van der Waals surface area contributed by atoms with Gasteiger partial charge in [-0.1, -0.05) is 6.07 Å². The minimum atomic E-state index is -0.401. The van der Waals surface area contributed by atoms with Gasteiger partial charge in [0.15, 0.2) is 4.74 Å². The summed E-state index contributed by atoms with van der Waals surface area (Å²) in [5.41, 5.74) is 0.725. The van der Waals surface area contributed by atoms with Crippen molar-refractivity contribution in [3.05, 3.63) is 33.2 Å². The maximum Gasteiger partial charge on any atom is 0.166 e. The first-order valence-electron chi connectivity index (χ1n) is 2.83. The van der Waals surface area contributed by atoms with E-state index in [-0.39, 0.29) is 0 Å². The van der Waals surface area contributed by atoms with Crippen LogP contribution < -0.4 is 0 Å². The molecule has 0 N–H and O–H groups in total. The van der Waals surface area contributed by atoms with E-state index in [2.05, 4.69) is 36.8 Å². The van der Waals surface area contributed by atoms with Crippen molar-refractivity contribution in [2.75, 3.05) is 0 Å². The second-order valence-electron chi connectivity index (χ2n) is 1.85. The monoisotopic (exact) mass is 279 g/mol. The van der Waals surface area contributed by atoms with Crippen molar-refractivity contribution in [3.63, 3.8) is 0 Å². The lowest BCUT2D eigenvalue weighted by atomic mass is 10.3. The molecule has 1 heterocycles. The SMILES string of the molecule is F/C(Br)=C\c1ccc(Br)nc1. The normalized spacial score (nSPS) is 11.7. The van der Waals surface area contributed by atoms with Gasteiger partial charge in [-0.2, -0.15) is 4.39 Å². The van der Waals surface area contributed by atoms with Crippen LogP contribution >= 0.6 is 31.9 Å². The van der Waals surface area contributed by atoms with E-state index in [4.69, 9.17) is 0 Å². The summed E-state index contributed by atoms with van der Waals surface area (Å²) in [7, 11) is 0. The summed E-state index contributed by atoms with van der Waals surface area (Å²) in [6.45, 7) is 0. The standard InChI is InChI=1S/C7H4Br2FN/c8-6(10)3-5-1-2-7(9)11-4-5/h1-4H/b6-3-. The van der Waals surface area contributed by atoms with E-state index >= 15 is 0 Å². The zero-order valence-corrected chi connectivity index (χ0v) is 8.56. The third kappa shape index (κ3) is 3.12. The van der Waals surface area contributed by atoms with Gasteiger partial charge in [0.2, 0.25) is 0 Å². The molecule has 4 heteroatoms. The molecule has 0 fully saturated rings. The third-order valence-electron chi connectivity index (χ3n) is 1.03. The fourth-order valence-corrected chi connectivity index (χ4v) is 1.10. The zero-order valence-electron chi connectivity index (χ0n) is 5.39. The van der Waals surface area contributed by atoms with Crippen LogP contribution in [0.2, 0.25) is 0 Å². The zero-order chi connectivity index (χ0) is 8.27. The summed E-state index contributed by atoms with van der Waals surface area (Å²) in [5, 5.41) is 0. The van der Waals surface area contributed by atoms with Gasteiger partial charge < -0.3 is 0 Å². The van der Waals surface area contributed by atoms with Crippen LogP contribution in [0.4, 0.5) is 4.39 Å². The van der Waals surface area contributed by atoms with Crippen LogP contribution in [-0.2, 0) is 0 Å². The molecule has 1 rings (SSSR count). The second-order valence-corrected chi connectivity index (χ2v) is 3.42. The number of hydrogen-bond acceptors (Lipinski definition) is 1. The van der Waals surface area contributed by atoms with E-state index in [0.29, 0.717) is 0 Å². The molecule has 0 bridgehead atoms. The molecule has 0 spiro atoms. The van der Waals surface area contributed by atoms with Crippen molar-refractivity contribution in [3.8, 4) is 0 Å². The highest BCUT2D eigenvalue weighted by Gasteiger charge is 1.90. The van der Waals surface area contributed by atoms with E-state index in [1.165, 1.54) is 6.08 Å². The summed E-state index contributed by atoms with van der Waals surface area (Å²) in [6.07, 6.45) is 2.92. The number of halogens is 3. The molecule has 0 aliphatic heterocycles. The Kier molecular flexibility index (Phi) is 3.20. The lowest BCUT2D eigenvalue weighted by Crippen LogP contribution is -1.76. The van der Waals surface area contributed by atoms with E-state index in [1.807, 2.05) is 0 Å². The highest BCUT2D eigenvalue weighted by molar-refractivity contribution is 9.11. The molecule has 0 saturated carbocycles.